The number of nitro groups is 1. The molecule has 0 unspecified atom stereocenters. The van der Waals surface area contributed by atoms with E-state index >= 15 is 0 Å². The highest BCUT2D eigenvalue weighted by Gasteiger charge is 2.17. The zero-order valence-electron chi connectivity index (χ0n) is 10.9. The van der Waals surface area contributed by atoms with Gasteiger partial charge in [0.2, 0.25) is 0 Å². The van der Waals surface area contributed by atoms with E-state index in [2.05, 4.69) is 5.32 Å². The third-order valence-corrected chi connectivity index (χ3v) is 2.49. The Morgan fingerprint density at radius 3 is 2.65 bits per heavy atom. The molecule has 0 bridgehead atoms. The molecule has 0 saturated carbocycles. The number of nitrogens with one attached hydrogen (secondary N) is 1. The highest BCUT2D eigenvalue weighted by atomic mass is 35.5. The summed E-state index contributed by atoms with van der Waals surface area (Å²) in [6.07, 6.45) is -0.281. The quantitative estimate of drug-likeness (QED) is 0.509. The van der Waals surface area contributed by atoms with Crippen molar-refractivity contribution in [3.63, 3.8) is 0 Å². The van der Waals surface area contributed by atoms with Gasteiger partial charge in [-0.2, -0.15) is 0 Å². The predicted octanol–water partition coefficient (Wildman–Crippen LogP) is 1.93. The van der Waals surface area contributed by atoms with E-state index in [4.69, 9.17) is 16.3 Å². The summed E-state index contributed by atoms with van der Waals surface area (Å²) < 4.78 is 4.83. The Morgan fingerprint density at radius 1 is 1.45 bits per heavy atom. The minimum atomic E-state index is -0.688. The van der Waals surface area contributed by atoms with Crippen LogP contribution in [0.1, 0.15) is 24.2 Å². The van der Waals surface area contributed by atoms with Crippen molar-refractivity contribution in [2.45, 2.75) is 20.0 Å². The first-order valence-corrected chi connectivity index (χ1v) is 6.10. The van der Waals surface area contributed by atoms with Crippen molar-refractivity contribution < 1.29 is 19.2 Å². The SMILES string of the molecule is CC(C)OC(=O)CNC(=O)c1ccc(Cl)c([N+](=O)[O-])c1. The average Bonchev–Trinajstić information content (AvgIpc) is 2.35. The van der Waals surface area contributed by atoms with Crippen molar-refractivity contribution in [3.8, 4) is 0 Å². The molecule has 1 aromatic carbocycles. The highest BCUT2D eigenvalue weighted by Crippen LogP contribution is 2.24. The smallest absolute Gasteiger partial charge is 0.325 e. The number of esters is 1. The molecule has 1 amide bonds. The van der Waals surface area contributed by atoms with E-state index < -0.39 is 16.8 Å². The number of amides is 1. The van der Waals surface area contributed by atoms with E-state index in [-0.39, 0.29) is 28.9 Å². The Hall–Kier alpha value is -2.15. The van der Waals surface area contributed by atoms with Crippen LogP contribution in [-0.2, 0) is 9.53 Å². The predicted molar refractivity (Wildman–Crippen MR) is 71.7 cm³/mol. The van der Waals surface area contributed by atoms with Gasteiger partial charge in [-0.25, -0.2) is 0 Å². The van der Waals surface area contributed by atoms with Gasteiger partial charge in [0.1, 0.15) is 11.6 Å². The minimum Gasteiger partial charge on any atom is -0.462 e. The molecule has 0 radical (unpaired) electrons. The Labute approximate surface area is 120 Å². The fraction of sp³-hybridized carbons (Fsp3) is 0.333. The van der Waals surface area contributed by atoms with Crippen LogP contribution in [0.15, 0.2) is 18.2 Å². The first-order chi connectivity index (χ1) is 9.31. The molecule has 1 N–H and O–H groups in total. The highest BCUT2D eigenvalue weighted by molar-refractivity contribution is 6.32. The Bertz CT molecular complexity index is 545. The van der Waals surface area contributed by atoms with E-state index in [9.17, 15) is 19.7 Å². The van der Waals surface area contributed by atoms with Gasteiger partial charge in [-0.05, 0) is 26.0 Å². The summed E-state index contributed by atoms with van der Waals surface area (Å²) >= 11 is 5.63. The van der Waals surface area contributed by atoms with Crippen molar-refractivity contribution in [2.75, 3.05) is 6.54 Å². The van der Waals surface area contributed by atoms with Gasteiger partial charge in [-0.1, -0.05) is 11.6 Å². The van der Waals surface area contributed by atoms with Crippen LogP contribution in [0.25, 0.3) is 0 Å². The molecule has 20 heavy (non-hydrogen) atoms. The van der Waals surface area contributed by atoms with Gasteiger partial charge in [0, 0.05) is 11.6 Å². The molecule has 108 valence electrons. The number of nitrogens with zero attached hydrogens (tertiary/aromatic N) is 1. The number of carbonyl (C=O) groups excluding carboxylic acids is 2. The van der Waals surface area contributed by atoms with Gasteiger partial charge in [0.05, 0.1) is 11.0 Å². The number of ether oxygens (including phenoxy) is 1. The maximum atomic E-state index is 11.7. The average molecular weight is 301 g/mol. The molecule has 0 fully saturated rings. The Kier molecular flexibility index (Phi) is 5.45. The molecule has 0 saturated heterocycles. The van der Waals surface area contributed by atoms with Crippen LogP contribution >= 0.6 is 11.6 Å². The van der Waals surface area contributed by atoms with Gasteiger partial charge in [-0.3, -0.25) is 19.7 Å². The molecule has 0 aliphatic heterocycles. The molecule has 0 spiro atoms. The zero-order chi connectivity index (χ0) is 15.3. The lowest BCUT2D eigenvalue weighted by Crippen LogP contribution is -2.31. The second-order valence-corrected chi connectivity index (χ2v) is 4.55. The minimum absolute atomic E-state index is 0.0402. The van der Waals surface area contributed by atoms with E-state index in [0.717, 1.165) is 6.07 Å². The maximum absolute atomic E-state index is 11.7. The molecule has 1 aromatic rings. The van der Waals surface area contributed by atoms with Gasteiger partial charge >= 0.3 is 5.97 Å². The van der Waals surface area contributed by atoms with Crippen LogP contribution in [0, 0.1) is 10.1 Å². The van der Waals surface area contributed by atoms with E-state index in [1.54, 1.807) is 13.8 Å². The lowest BCUT2D eigenvalue weighted by molar-refractivity contribution is -0.384. The van der Waals surface area contributed by atoms with Gasteiger partial charge in [0.25, 0.3) is 11.6 Å². The Morgan fingerprint density at radius 2 is 2.10 bits per heavy atom. The summed E-state index contributed by atoms with van der Waals surface area (Å²) in [7, 11) is 0. The second kappa shape index (κ2) is 6.85. The summed E-state index contributed by atoms with van der Waals surface area (Å²) in [5, 5.41) is 12.9. The molecule has 0 heterocycles. The number of halogens is 1. The summed E-state index contributed by atoms with van der Waals surface area (Å²) in [5.74, 6) is -1.21. The first-order valence-electron chi connectivity index (χ1n) is 5.73. The topological polar surface area (TPSA) is 98.5 Å². The molecule has 8 heteroatoms. The van der Waals surface area contributed by atoms with Crippen LogP contribution in [0.3, 0.4) is 0 Å². The molecule has 0 aromatic heterocycles. The molecular formula is C12H13ClN2O5. The van der Waals surface area contributed by atoms with Gasteiger partial charge in [-0.15, -0.1) is 0 Å². The fourth-order valence-corrected chi connectivity index (χ4v) is 1.54. The van der Waals surface area contributed by atoms with Crippen molar-refractivity contribution in [3.05, 3.63) is 38.9 Å². The lowest BCUT2D eigenvalue weighted by Gasteiger charge is -2.08. The lowest BCUT2D eigenvalue weighted by atomic mass is 10.2. The third-order valence-electron chi connectivity index (χ3n) is 2.17. The Balaban J connectivity index is 2.71. The number of hydrogen-bond acceptors (Lipinski definition) is 5. The van der Waals surface area contributed by atoms with Crippen LogP contribution in [0.5, 0.6) is 0 Å². The second-order valence-electron chi connectivity index (χ2n) is 4.14. The van der Waals surface area contributed by atoms with Crippen molar-refractivity contribution >= 4 is 29.2 Å². The molecular weight excluding hydrogens is 288 g/mol. The number of benzene rings is 1. The van der Waals surface area contributed by atoms with Crippen molar-refractivity contribution in [2.24, 2.45) is 0 Å². The standard InChI is InChI=1S/C12H13ClN2O5/c1-7(2)20-11(16)6-14-12(17)8-3-4-9(13)10(5-8)15(18)19/h3-5,7H,6H2,1-2H3,(H,14,17). The van der Waals surface area contributed by atoms with Crippen LogP contribution in [0.4, 0.5) is 5.69 Å². The number of hydrogen-bond donors (Lipinski definition) is 1. The summed E-state index contributed by atoms with van der Waals surface area (Å²) in [4.78, 5) is 33.0. The molecule has 0 aliphatic rings. The van der Waals surface area contributed by atoms with Gasteiger partial charge < -0.3 is 10.1 Å². The largest absolute Gasteiger partial charge is 0.462 e. The van der Waals surface area contributed by atoms with E-state index in [0.29, 0.717) is 0 Å². The van der Waals surface area contributed by atoms with E-state index in [1.807, 2.05) is 0 Å². The normalized spacial score (nSPS) is 10.2. The molecule has 0 aliphatic carbocycles. The van der Waals surface area contributed by atoms with Crippen molar-refractivity contribution in [1.82, 2.24) is 5.32 Å². The molecule has 7 nitrogen and oxygen atoms in total. The number of nitro benzene ring substituents is 1. The first kappa shape index (κ1) is 15.9. The fourth-order valence-electron chi connectivity index (χ4n) is 1.35. The number of rotatable bonds is 5. The van der Waals surface area contributed by atoms with Crippen LogP contribution < -0.4 is 5.32 Å². The van der Waals surface area contributed by atoms with Crippen LogP contribution in [-0.4, -0.2) is 29.4 Å². The molecule has 0 atom stereocenters. The third kappa shape index (κ3) is 4.51. The summed E-state index contributed by atoms with van der Waals surface area (Å²) in [6.45, 7) is 3.05. The van der Waals surface area contributed by atoms with Gasteiger partial charge in [0.15, 0.2) is 0 Å². The molecule has 1 rings (SSSR count). The maximum Gasteiger partial charge on any atom is 0.325 e. The van der Waals surface area contributed by atoms with Crippen LogP contribution in [0.2, 0.25) is 5.02 Å². The summed E-state index contributed by atoms with van der Waals surface area (Å²) in [5.41, 5.74) is -0.331. The zero-order valence-corrected chi connectivity index (χ0v) is 11.6. The van der Waals surface area contributed by atoms with Crippen molar-refractivity contribution in [1.29, 1.82) is 0 Å². The number of carbonyl (C=O) groups is 2. The van der Waals surface area contributed by atoms with E-state index in [1.165, 1.54) is 12.1 Å². The summed E-state index contributed by atoms with van der Waals surface area (Å²) in [6, 6.07) is 3.63. The monoisotopic (exact) mass is 300 g/mol.